The fraction of sp³-hybridized carbons (Fsp3) is 0.158. The first kappa shape index (κ1) is 16.0. The van der Waals surface area contributed by atoms with Crippen LogP contribution in [0.5, 0.6) is 0 Å². The first-order chi connectivity index (χ1) is 12.4. The molecular weight excluding hydrogens is 328 g/mol. The van der Waals surface area contributed by atoms with Gasteiger partial charge in [-0.05, 0) is 37.1 Å². The zero-order valence-corrected chi connectivity index (χ0v) is 14.7. The second-order valence-corrected chi connectivity index (χ2v) is 6.42. The minimum absolute atomic E-state index is 0.00846. The van der Waals surface area contributed by atoms with Gasteiger partial charge in [0.1, 0.15) is 5.52 Å². The summed E-state index contributed by atoms with van der Waals surface area (Å²) in [4.78, 5) is 11.5. The molecule has 0 spiro atoms. The highest BCUT2D eigenvalue weighted by atomic mass is 16.1. The molecular formula is C19H18N6O. The van der Waals surface area contributed by atoms with Crippen LogP contribution in [0.15, 0.2) is 30.3 Å². The van der Waals surface area contributed by atoms with Crippen LogP contribution in [0.1, 0.15) is 21.7 Å². The Bertz CT molecular complexity index is 1210. The lowest BCUT2D eigenvalue weighted by Gasteiger charge is -2.12. The number of aryl methyl sites for hydroxylation is 3. The van der Waals surface area contributed by atoms with E-state index in [-0.39, 0.29) is 11.4 Å². The molecule has 7 heteroatoms. The summed E-state index contributed by atoms with van der Waals surface area (Å²) < 4.78 is 1.86. The second-order valence-electron chi connectivity index (χ2n) is 6.42. The fourth-order valence-electron chi connectivity index (χ4n) is 3.44. The summed E-state index contributed by atoms with van der Waals surface area (Å²) in [6, 6.07) is 9.97. The van der Waals surface area contributed by atoms with Crippen LogP contribution in [0.3, 0.4) is 0 Å². The van der Waals surface area contributed by atoms with Crippen molar-refractivity contribution in [3.05, 3.63) is 47.3 Å². The molecule has 0 aliphatic heterocycles. The number of nitrogens with zero attached hydrogens (tertiary/aromatic N) is 4. The maximum absolute atomic E-state index is 11.5. The molecule has 0 unspecified atom stereocenters. The maximum atomic E-state index is 11.5. The summed E-state index contributed by atoms with van der Waals surface area (Å²) in [6.07, 6.45) is 0. The van der Waals surface area contributed by atoms with E-state index in [0.717, 1.165) is 33.3 Å². The van der Waals surface area contributed by atoms with Crippen molar-refractivity contribution in [3.8, 4) is 11.1 Å². The van der Waals surface area contributed by atoms with E-state index in [2.05, 4.69) is 21.4 Å². The Hall–Kier alpha value is -3.48. The predicted octanol–water partition coefficient (Wildman–Crippen LogP) is 2.48. The van der Waals surface area contributed by atoms with Crippen LogP contribution < -0.4 is 11.5 Å². The molecule has 0 aliphatic rings. The van der Waals surface area contributed by atoms with Gasteiger partial charge in [-0.15, -0.1) is 10.2 Å². The number of hydrogen-bond donors (Lipinski definition) is 2. The standard InChI is InChI=1S/C19H18N6O/c1-9-4-6-12-16(20)18(19(21)26)23-22-17(12)15(9)11-5-7-14-13(8-11)10(2)24-25(14)3/h4-8H,1-3H3,(H2,20,22)(H2,21,26). The van der Waals surface area contributed by atoms with Gasteiger partial charge in [-0.25, -0.2) is 0 Å². The van der Waals surface area contributed by atoms with E-state index in [1.54, 1.807) is 0 Å². The van der Waals surface area contributed by atoms with Gasteiger partial charge in [0.2, 0.25) is 0 Å². The number of carbonyl (C=O) groups excluding carboxylic acids is 1. The van der Waals surface area contributed by atoms with Gasteiger partial charge in [-0.2, -0.15) is 5.10 Å². The summed E-state index contributed by atoms with van der Waals surface area (Å²) in [7, 11) is 1.93. The highest BCUT2D eigenvalue weighted by Gasteiger charge is 2.17. The van der Waals surface area contributed by atoms with E-state index in [1.165, 1.54) is 0 Å². The normalized spacial score (nSPS) is 11.3. The summed E-state index contributed by atoms with van der Waals surface area (Å²) in [5.74, 6) is -0.688. The number of fused-ring (bicyclic) bond motifs is 2. The Morgan fingerprint density at radius 1 is 1.08 bits per heavy atom. The van der Waals surface area contributed by atoms with Crippen molar-refractivity contribution in [2.24, 2.45) is 12.8 Å². The molecule has 130 valence electrons. The molecule has 0 atom stereocenters. The summed E-state index contributed by atoms with van der Waals surface area (Å²) in [5, 5.41) is 14.4. The lowest BCUT2D eigenvalue weighted by molar-refractivity contribution is 0.0996. The number of primary amides is 1. The number of amides is 1. The van der Waals surface area contributed by atoms with Gasteiger partial charge >= 0.3 is 0 Å². The van der Waals surface area contributed by atoms with E-state index in [9.17, 15) is 4.79 Å². The van der Waals surface area contributed by atoms with Crippen LogP contribution >= 0.6 is 0 Å². The number of rotatable bonds is 2. The average Bonchev–Trinajstić information content (AvgIpc) is 2.88. The Balaban J connectivity index is 2.05. The minimum atomic E-state index is -0.688. The molecule has 0 saturated heterocycles. The third kappa shape index (κ3) is 2.21. The molecule has 26 heavy (non-hydrogen) atoms. The lowest BCUT2D eigenvalue weighted by Crippen LogP contribution is -2.16. The third-order valence-electron chi connectivity index (χ3n) is 4.74. The van der Waals surface area contributed by atoms with Crippen molar-refractivity contribution in [3.63, 3.8) is 0 Å². The molecule has 0 fully saturated rings. The molecule has 7 nitrogen and oxygen atoms in total. The summed E-state index contributed by atoms with van der Waals surface area (Å²) >= 11 is 0. The lowest BCUT2D eigenvalue weighted by atomic mass is 9.95. The van der Waals surface area contributed by atoms with E-state index in [0.29, 0.717) is 10.9 Å². The zero-order valence-electron chi connectivity index (χ0n) is 14.7. The first-order valence-corrected chi connectivity index (χ1v) is 8.17. The van der Waals surface area contributed by atoms with Crippen molar-refractivity contribution in [2.75, 3.05) is 5.73 Å². The fourth-order valence-corrected chi connectivity index (χ4v) is 3.44. The van der Waals surface area contributed by atoms with Crippen LogP contribution in [-0.4, -0.2) is 25.9 Å². The van der Waals surface area contributed by atoms with Gasteiger partial charge in [0.25, 0.3) is 5.91 Å². The van der Waals surface area contributed by atoms with Crippen molar-refractivity contribution in [2.45, 2.75) is 13.8 Å². The zero-order chi connectivity index (χ0) is 18.6. The highest BCUT2D eigenvalue weighted by Crippen LogP contribution is 2.35. The van der Waals surface area contributed by atoms with E-state index >= 15 is 0 Å². The van der Waals surface area contributed by atoms with Crippen molar-refractivity contribution >= 4 is 33.4 Å². The van der Waals surface area contributed by atoms with Gasteiger partial charge in [0, 0.05) is 23.4 Å². The Labute approximate surface area is 149 Å². The smallest absolute Gasteiger partial charge is 0.271 e. The van der Waals surface area contributed by atoms with Crippen molar-refractivity contribution in [1.82, 2.24) is 20.0 Å². The van der Waals surface area contributed by atoms with Gasteiger partial charge < -0.3 is 11.5 Å². The van der Waals surface area contributed by atoms with Gasteiger partial charge in [-0.3, -0.25) is 9.48 Å². The van der Waals surface area contributed by atoms with Crippen molar-refractivity contribution < 1.29 is 4.79 Å². The predicted molar refractivity (Wildman–Crippen MR) is 102 cm³/mol. The van der Waals surface area contributed by atoms with E-state index < -0.39 is 5.91 Å². The number of benzene rings is 2. The SMILES string of the molecule is Cc1ccc2c(N)c(C(N)=O)nnc2c1-c1ccc2c(c1)c(C)nn2C. The van der Waals surface area contributed by atoms with Crippen LogP contribution in [0.2, 0.25) is 0 Å². The molecule has 4 aromatic rings. The Kier molecular flexibility index (Phi) is 3.40. The minimum Gasteiger partial charge on any atom is -0.396 e. The van der Waals surface area contributed by atoms with Gasteiger partial charge in [0.05, 0.1) is 16.9 Å². The molecule has 0 aliphatic carbocycles. The Morgan fingerprint density at radius 2 is 1.85 bits per heavy atom. The number of hydrogen-bond acceptors (Lipinski definition) is 5. The molecule has 0 bridgehead atoms. The van der Waals surface area contributed by atoms with Crippen LogP contribution in [0.25, 0.3) is 32.9 Å². The second kappa shape index (κ2) is 5.52. The quantitative estimate of drug-likeness (QED) is 0.579. The molecule has 0 radical (unpaired) electrons. The summed E-state index contributed by atoms with van der Waals surface area (Å²) in [5.41, 5.74) is 17.3. The number of nitrogens with two attached hydrogens (primary N) is 2. The number of anilines is 1. The summed E-state index contributed by atoms with van der Waals surface area (Å²) in [6.45, 7) is 3.99. The van der Waals surface area contributed by atoms with Crippen LogP contribution in [0, 0.1) is 13.8 Å². The molecule has 4 N–H and O–H groups in total. The van der Waals surface area contributed by atoms with E-state index in [4.69, 9.17) is 11.5 Å². The van der Waals surface area contributed by atoms with Gasteiger partial charge in [-0.1, -0.05) is 18.2 Å². The largest absolute Gasteiger partial charge is 0.396 e. The molecule has 2 heterocycles. The third-order valence-corrected chi connectivity index (χ3v) is 4.74. The first-order valence-electron chi connectivity index (χ1n) is 8.17. The van der Waals surface area contributed by atoms with Crippen LogP contribution in [-0.2, 0) is 7.05 Å². The number of aromatic nitrogens is 4. The maximum Gasteiger partial charge on any atom is 0.271 e. The monoisotopic (exact) mass is 346 g/mol. The van der Waals surface area contributed by atoms with Crippen molar-refractivity contribution in [1.29, 1.82) is 0 Å². The highest BCUT2D eigenvalue weighted by molar-refractivity contribution is 6.08. The Morgan fingerprint density at radius 3 is 2.58 bits per heavy atom. The number of nitrogen functional groups attached to an aromatic ring is 1. The number of carbonyl (C=O) groups is 1. The molecule has 2 aromatic heterocycles. The van der Waals surface area contributed by atoms with E-state index in [1.807, 2.05) is 49.8 Å². The molecule has 2 aromatic carbocycles. The molecule has 0 saturated carbocycles. The molecule has 1 amide bonds. The van der Waals surface area contributed by atoms with Crippen LogP contribution in [0.4, 0.5) is 5.69 Å². The van der Waals surface area contributed by atoms with Gasteiger partial charge in [0.15, 0.2) is 5.69 Å². The topological polar surface area (TPSA) is 113 Å². The average molecular weight is 346 g/mol. The molecule has 4 rings (SSSR count).